The summed E-state index contributed by atoms with van der Waals surface area (Å²) in [6, 6.07) is 7.29. The molecule has 1 aromatic heterocycles. The third-order valence-electron chi connectivity index (χ3n) is 2.10. The van der Waals surface area contributed by atoms with Gasteiger partial charge in [0.05, 0.1) is 0 Å². The first-order chi connectivity index (χ1) is 8.63. The Balaban J connectivity index is 1.99. The van der Waals surface area contributed by atoms with Gasteiger partial charge in [0.1, 0.15) is 5.82 Å². The summed E-state index contributed by atoms with van der Waals surface area (Å²) in [5.41, 5.74) is 7.18. The molecular formula is C12H12N4OS. The van der Waals surface area contributed by atoms with Gasteiger partial charge in [0.2, 0.25) is 11.0 Å². The molecule has 0 aliphatic carbocycles. The van der Waals surface area contributed by atoms with Crippen molar-refractivity contribution in [2.24, 2.45) is 0 Å². The summed E-state index contributed by atoms with van der Waals surface area (Å²) >= 11 is 1.16. The van der Waals surface area contributed by atoms with Gasteiger partial charge in [-0.2, -0.15) is 4.37 Å². The molecule has 0 saturated carbocycles. The molecular weight excluding hydrogens is 248 g/mol. The van der Waals surface area contributed by atoms with Crippen molar-refractivity contribution in [2.45, 2.75) is 6.92 Å². The zero-order chi connectivity index (χ0) is 13.0. The van der Waals surface area contributed by atoms with E-state index in [0.29, 0.717) is 16.6 Å². The van der Waals surface area contributed by atoms with Crippen molar-refractivity contribution >= 4 is 34.3 Å². The Labute approximate surface area is 109 Å². The topological polar surface area (TPSA) is 80.9 Å². The van der Waals surface area contributed by atoms with Gasteiger partial charge in [-0.25, -0.2) is 4.98 Å². The molecule has 2 aromatic rings. The molecule has 92 valence electrons. The summed E-state index contributed by atoms with van der Waals surface area (Å²) in [4.78, 5) is 15.6. The number of carbonyl (C=O) groups excluding carboxylic acids is 1. The standard InChI is InChI=1S/C12H12N4OS/c1-8-14-12(18-16-8)15-11(17)6-5-9-3-2-4-10(13)7-9/h2-7H,13H2,1H3,(H,14,15,16,17)/b6-5+. The van der Waals surface area contributed by atoms with E-state index in [1.165, 1.54) is 6.08 Å². The predicted molar refractivity (Wildman–Crippen MR) is 73.2 cm³/mol. The van der Waals surface area contributed by atoms with Gasteiger partial charge in [-0.1, -0.05) is 12.1 Å². The van der Waals surface area contributed by atoms with Crippen LogP contribution in [-0.4, -0.2) is 15.3 Å². The highest BCUT2D eigenvalue weighted by Gasteiger charge is 2.02. The number of rotatable bonds is 3. The first-order valence-electron chi connectivity index (χ1n) is 5.28. The van der Waals surface area contributed by atoms with Gasteiger partial charge in [-0.05, 0) is 30.7 Å². The lowest BCUT2D eigenvalue weighted by atomic mass is 10.2. The molecule has 0 saturated heterocycles. The number of hydrogen-bond acceptors (Lipinski definition) is 5. The number of nitrogens with zero attached hydrogens (tertiary/aromatic N) is 2. The largest absolute Gasteiger partial charge is 0.399 e. The lowest BCUT2D eigenvalue weighted by molar-refractivity contribution is -0.111. The van der Waals surface area contributed by atoms with Crippen molar-refractivity contribution in [3.05, 3.63) is 41.7 Å². The molecule has 18 heavy (non-hydrogen) atoms. The van der Waals surface area contributed by atoms with Crippen LogP contribution in [-0.2, 0) is 4.79 Å². The summed E-state index contributed by atoms with van der Waals surface area (Å²) in [6.07, 6.45) is 3.13. The molecule has 1 aromatic carbocycles. The minimum atomic E-state index is -0.242. The molecule has 0 unspecified atom stereocenters. The maximum absolute atomic E-state index is 11.6. The smallest absolute Gasteiger partial charge is 0.250 e. The molecule has 2 rings (SSSR count). The average molecular weight is 260 g/mol. The number of nitrogen functional groups attached to an aromatic ring is 1. The number of hydrogen-bond donors (Lipinski definition) is 2. The Morgan fingerprint density at radius 3 is 3.00 bits per heavy atom. The van der Waals surface area contributed by atoms with Gasteiger partial charge in [0.15, 0.2) is 0 Å². The third kappa shape index (κ3) is 3.39. The van der Waals surface area contributed by atoms with Crippen LogP contribution in [0.4, 0.5) is 10.8 Å². The molecule has 1 amide bonds. The maximum Gasteiger partial charge on any atom is 0.250 e. The van der Waals surface area contributed by atoms with Crippen LogP contribution < -0.4 is 11.1 Å². The molecule has 3 N–H and O–H groups in total. The van der Waals surface area contributed by atoms with Crippen molar-refractivity contribution in [1.82, 2.24) is 9.36 Å². The number of nitrogens with one attached hydrogen (secondary N) is 1. The van der Waals surface area contributed by atoms with Gasteiger partial charge < -0.3 is 5.73 Å². The van der Waals surface area contributed by atoms with Crippen LogP contribution in [0.3, 0.4) is 0 Å². The highest BCUT2D eigenvalue weighted by atomic mass is 32.1. The number of amides is 1. The Morgan fingerprint density at radius 1 is 1.50 bits per heavy atom. The first-order valence-corrected chi connectivity index (χ1v) is 6.06. The van der Waals surface area contributed by atoms with E-state index in [1.807, 2.05) is 12.1 Å². The molecule has 0 aliphatic heterocycles. The van der Waals surface area contributed by atoms with Gasteiger partial charge in [0, 0.05) is 23.3 Å². The molecule has 0 atom stereocenters. The Kier molecular flexibility index (Phi) is 3.69. The van der Waals surface area contributed by atoms with Crippen molar-refractivity contribution in [3.63, 3.8) is 0 Å². The lowest BCUT2D eigenvalue weighted by Gasteiger charge is -1.96. The SMILES string of the molecule is Cc1nsc(NC(=O)/C=C/c2cccc(N)c2)n1. The second-order valence-electron chi connectivity index (χ2n) is 3.64. The summed E-state index contributed by atoms with van der Waals surface area (Å²) in [7, 11) is 0. The van der Waals surface area contributed by atoms with Crippen LogP contribution in [0.2, 0.25) is 0 Å². The molecule has 6 heteroatoms. The van der Waals surface area contributed by atoms with Gasteiger partial charge in [-0.3, -0.25) is 10.1 Å². The Bertz CT molecular complexity index is 591. The van der Waals surface area contributed by atoms with E-state index in [4.69, 9.17) is 5.73 Å². The zero-order valence-electron chi connectivity index (χ0n) is 9.75. The number of carbonyl (C=O) groups is 1. The summed E-state index contributed by atoms with van der Waals surface area (Å²) in [5, 5.41) is 3.13. The van der Waals surface area contributed by atoms with Crippen LogP contribution in [0.5, 0.6) is 0 Å². The molecule has 5 nitrogen and oxygen atoms in total. The van der Waals surface area contributed by atoms with Gasteiger partial charge in [0.25, 0.3) is 0 Å². The third-order valence-corrected chi connectivity index (χ3v) is 2.82. The van der Waals surface area contributed by atoms with Crippen LogP contribution in [0.25, 0.3) is 6.08 Å². The fourth-order valence-corrected chi connectivity index (χ4v) is 1.91. The predicted octanol–water partition coefficient (Wildman–Crippen LogP) is 2.08. The molecule has 1 heterocycles. The van der Waals surface area contributed by atoms with E-state index in [0.717, 1.165) is 17.1 Å². The van der Waals surface area contributed by atoms with Crippen LogP contribution in [0.1, 0.15) is 11.4 Å². The highest BCUT2D eigenvalue weighted by molar-refractivity contribution is 7.09. The summed E-state index contributed by atoms with van der Waals surface area (Å²) in [5.74, 6) is 0.406. The van der Waals surface area contributed by atoms with Crippen molar-refractivity contribution in [3.8, 4) is 0 Å². The normalized spacial score (nSPS) is 10.7. The molecule has 0 spiro atoms. The fraction of sp³-hybridized carbons (Fsp3) is 0.0833. The second-order valence-corrected chi connectivity index (χ2v) is 4.39. The Morgan fingerprint density at radius 2 is 2.33 bits per heavy atom. The maximum atomic E-state index is 11.6. The van der Waals surface area contributed by atoms with Crippen LogP contribution in [0, 0.1) is 6.92 Å². The van der Waals surface area contributed by atoms with Crippen molar-refractivity contribution < 1.29 is 4.79 Å². The number of aromatic nitrogens is 2. The molecule has 0 fully saturated rings. The number of nitrogens with two attached hydrogens (primary N) is 1. The average Bonchev–Trinajstić information content (AvgIpc) is 2.72. The van der Waals surface area contributed by atoms with E-state index in [-0.39, 0.29) is 5.91 Å². The summed E-state index contributed by atoms with van der Waals surface area (Å²) < 4.78 is 3.97. The van der Waals surface area contributed by atoms with Crippen molar-refractivity contribution in [2.75, 3.05) is 11.1 Å². The van der Waals surface area contributed by atoms with Crippen LogP contribution >= 0.6 is 11.5 Å². The van der Waals surface area contributed by atoms with E-state index < -0.39 is 0 Å². The minimum Gasteiger partial charge on any atom is -0.399 e. The number of anilines is 2. The van der Waals surface area contributed by atoms with E-state index in [2.05, 4.69) is 14.7 Å². The Hall–Kier alpha value is -2.21. The first kappa shape index (κ1) is 12.3. The lowest BCUT2D eigenvalue weighted by Crippen LogP contribution is -2.07. The zero-order valence-corrected chi connectivity index (χ0v) is 10.6. The quantitative estimate of drug-likeness (QED) is 0.654. The summed E-state index contributed by atoms with van der Waals surface area (Å²) in [6.45, 7) is 1.77. The number of benzene rings is 1. The minimum absolute atomic E-state index is 0.242. The highest BCUT2D eigenvalue weighted by Crippen LogP contribution is 2.11. The van der Waals surface area contributed by atoms with Crippen LogP contribution in [0.15, 0.2) is 30.3 Å². The van der Waals surface area contributed by atoms with Crippen molar-refractivity contribution in [1.29, 1.82) is 0 Å². The monoisotopic (exact) mass is 260 g/mol. The van der Waals surface area contributed by atoms with Gasteiger partial charge in [-0.15, -0.1) is 0 Å². The molecule has 0 bridgehead atoms. The number of aryl methyl sites for hydroxylation is 1. The fourth-order valence-electron chi connectivity index (χ4n) is 1.33. The van der Waals surface area contributed by atoms with Gasteiger partial charge >= 0.3 is 0 Å². The van der Waals surface area contributed by atoms with E-state index >= 15 is 0 Å². The molecule has 0 radical (unpaired) electrons. The second kappa shape index (κ2) is 5.42. The van der Waals surface area contributed by atoms with E-state index in [9.17, 15) is 4.79 Å². The molecule has 0 aliphatic rings. The van der Waals surface area contributed by atoms with E-state index in [1.54, 1.807) is 25.1 Å².